The molecule has 0 radical (unpaired) electrons. The standard InChI is InChI=1S/C18H13FN4S/c19-12-5-4-8-14(11-12)24-16-10-9-15-17(22-16)23-18(21-15)20-13-6-2-1-3-7-13/h1-11H,(H2,20,21,22,23). The van der Waals surface area contributed by atoms with Gasteiger partial charge in [-0.3, -0.25) is 0 Å². The number of hydrogen-bond acceptors (Lipinski definition) is 4. The molecule has 4 aromatic rings. The second-order valence-corrected chi connectivity index (χ2v) is 6.25. The van der Waals surface area contributed by atoms with Gasteiger partial charge in [-0.05, 0) is 42.5 Å². The first-order chi connectivity index (χ1) is 11.8. The first kappa shape index (κ1) is 14.7. The van der Waals surface area contributed by atoms with Gasteiger partial charge in [-0.2, -0.15) is 4.98 Å². The monoisotopic (exact) mass is 336 g/mol. The molecule has 0 spiro atoms. The Balaban J connectivity index is 1.59. The highest BCUT2D eigenvalue weighted by atomic mass is 32.2. The van der Waals surface area contributed by atoms with Gasteiger partial charge in [0.25, 0.3) is 0 Å². The predicted molar refractivity (Wildman–Crippen MR) is 94.1 cm³/mol. The quantitative estimate of drug-likeness (QED) is 0.551. The van der Waals surface area contributed by atoms with Crippen molar-refractivity contribution in [2.24, 2.45) is 0 Å². The third-order valence-corrected chi connectivity index (χ3v) is 4.30. The molecule has 0 aliphatic rings. The predicted octanol–water partition coefficient (Wildman–Crippen LogP) is 4.99. The van der Waals surface area contributed by atoms with Crippen molar-refractivity contribution in [2.45, 2.75) is 9.92 Å². The number of anilines is 2. The smallest absolute Gasteiger partial charge is 0.207 e. The van der Waals surface area contributed by atoms with Crippen molar-refractivity contribution in [3.05, 3.63) is 72.5 Å². The van der Waals surface area contributed by atoms with Crippen LogP contribution in [0.1, 0.15) is 0 Å². The zero-order chi connectivity index (χ0) is 16.4. The lowest BCUT2D eigenvalue weighted by Crippen LogP contribution is -1.91. The number of hydrogen-bond donors (Lipinski definition) is 2. The molecule has 0 atom stereocenters. The lowest BCUT2D eigenvalue weighted by atomic mass is 10.3. The van der Waals surface area contributed by atoms with Gasteiger partial charge in [0.2, 0.25) is 5.95 Å². The minimum atomic E-state index is -0.254. The maximum absolute atomic E-state index is 13.3. The number of nitrogens with one attached hydrogen (secondary N) is 2. The Morgan fingerprint density at radius 2 is 1.79 bits per heavy atom. The molecular formula is C18H13FN4S. The van der Waals surface area contributed by atoms with E-state index in [0.717, 1.165) is 21.1 Å². The van der Waals surface area contributed by atoms with E-state index in [1.54, 1.807) is 6.07 Å². The molecule has 0 aliphatic heterocycles. The summed E-state index contributed by atoms with van der Waals surface area (Å²) >= 11 is 1.40. The summed E-state index contributed by atoms with van der Waals surface area (Å²) in [7, 11) is 0. The topological polar surface area (TPSA) is 53.6 Å². The van der Waals surface area contributed by atoms with Crippen LogP contribution in [0.3, 0.4) is 0 Å². The second-order valence-electron chi connectivity index (χ2n) is 5.16. The molecule has 0 bridgehead atoms. The minimum Gasteiger partial charge on any atom is -0.326 e. The summed E-state index contributed by atoms with van der Waals surface area (Å²) in [4.78, 5) is 13.0. The summed E-state index contributed by atoms with van der Waals surface area (Å²) in [5.41, 5.74) is 2.41. The van der Waals surface area contributed by atoms with Gasteiger partial charge >= 0.3 is 0 Å². The van der Waals surface area contributed by atoms with Crippen LogP contribution in [0.4, 0.5) is 16.0 Å². The molecule has 4 rings (SSSR count). The Bertz CT molecular complexity index is 985. The molecule has 2 aromatic carbocycles. The van der Waals surface area contributed by atoms with Crippen molar-refractivity contribution >= 4 is 34.6 Å². The number of para-hydroxylation sites is 1. The number of rotatable bonds is 4. The van der Waals surface area contributed by atoms with E-state index in [-0.39, 0.29) is 5.82 Å². The lowest BCUT2D eigenvalue weighted by Gasteiger charge is -2.00. The van der Waals surface area contributed by atoms with Gasteiger partial charge in [-0.25, -0.2) is 9.37 Å². The van der Waals surface area contributed by atoms with Crippen LogP contribution in [0.5, 0.6) is 0 Å². The van der Waals surface area contributed by atoms with E-state index >= 15 is 0 Å². The van der Waals surface area contributed by atoms with Gasteiger partial charge in [0.15, 0.2) is 5.65 Å². The zero-order valence-corrected chi connectivity index (χ0v) is 13.3. The maximum Gasteiger partial charge on any atom is 0.207 e. The fraction of sp³-hybridized carbons (Fsp3) is 0. The van der Waals surface area contributed by atoms with E-state index in [4.69, 9.17) is 0 Å². The molecular weight excluding hydrogens is 323 g/mol. The first-order valence-electron chi connectivity index (χ1n) is 7.38. The molecule has 0 fully saturated rings. The van der Waals surface area contributed by atoms with Gasteiger partial charge in [-0.1, -0.05) is 36.0 Å². The number of nitrogens with zero attached hydrogens (tertiary/aromatic N) is 2. The first-order valence-corrected chi connectivity index (χ1v) is 8.20. The Morgan fingerprint density at radius 1 is 0.917 bits per heavy atom. The molecule has 6 heteroatoms. The van der Waals surface area contributed by atoms with Crippen LogP contribution in [0.2, 0.25) is 0 Å². The van der Waals surface area contributed by atoms with Crippen LogP contribution in [0.25, 0.3) is 11.2 Å². The van der Waals surface area contributed by atoms with Crippen molar-refractivity contribution in [3.63, 3.8) is 0 Å². The number of H-pyrrole nitrogens is 1. The largest absolute Gasteiger partial charge is 0.326 e. The third-order valence-electron chi connectivity index (χ3n) is 3.38. The Hall–Kier alpha value is -2.86. The number of imidazole rings is 1. The van der Waals surface area contributed by atoms with Crippen LogP contribution in [0, 0.1) is 5.82 Å². The molecule has 2 N–H and O–H groups in total. The van der Waals surface area contributed by atoms with Gasteiger partial charge in [0, 0.05) is 10.6 Å². The summed E-state index contributed by atoms with van der Waals surface area (Å²) in [6.07, 6.45) is 0. The van der Waals surface area contributed by atoms with Crippen LogP contribution < -0.4 is 5.32 Å². The fourth-order valence-electron chi connectivity index (χ4n) is 2.30. The van der Waals surface area contributed by atoms with Crippen molar-refractivity contribution in [2.75, 3.05) is 5.32 Å². The summed E-state index contributed by atoms with van der Waals surface area (Å²) in [5.74, 6) is 0.381. The fourth-order valence-corrected chi connectivity index (χ4v) is 3.13. The van der Waals surface area contributed by atoms with E-state index in [2.05, 4.69) is 20.3 Å². The molecule has 4 nitrogen and oxygen atoms in total. The van der Waals surface area contributed by atoms with E-state index in [1.807, 2.05) is 48.5 Å². The molecule has 2 heterocycles. The normalized spacial score (nSPS) is 10.9. The molecule has 0 amide bonds. The molecule has 118 valence electrons. The average molecular weight is 336 g/mol. The van der Waals surface area contributed by atoms with E-state index in [9.17, 15) is 4.39 Å². The molecule has 0 saturated heterocycles. The number of aromatic nitrogens is 3. The minimum absolute atomic E-state index is 0.254. The highest BCUT2D eigenvalue weighted by Crippen LogP contribution is 2.28. The molecule has 0 aliphatic carbocycles. The SMILES string of the molecule is Fc1cccc(Sc2ccc3[nH]c(Nc4ccccc4)nc3n2)c1. The van der Waals surface area contributed by atoms with Gasteiger partial charge in [0.05, 0.1) is 5.52 Å². The van der Waals surface area contributed by atoms with Crippen LogP contribution in [-0.4, -0.2) is 15.0 Å². The molecule has 0 saturated carbocycles. The van der Waals surface area contributed by atoms with Crippen molar-refractivity contribution < 1.29 is 4.39 Å². The van der Waals surface area contributed by atoms with Gasteiger partial charge in [0.1, 0.15) is 10.8 Å². The highest BCUT2D eigenvalue weighted by molar-refractivity contribution is 7.99. The van der Waals surface area contributed by atoms with Gasteiger partial charge in [-0.15, -0.1) is 0 Å². The number of fused-ring (bicyclic) bond motifs is 1. The Morgan fingerprint density at radius 3 is 2.62 bits per heavy atom. The summed E-state index contributed by atoms with van der Waals surface area (Å²) in [6, 6.07) is 20.1. The Labute approximate surface area is 142 Å². The number of aromatic amines is 1. The van der Waals surface area contributed by atoms with E-state index in [0.29, 0.717) is 11.6 Å². The number of benzene rings is 2. The highest BCUT2D eigenvalue weighted by Gasteiger charge is 2.07. The second kappa shape index (κ2) is 6.33. The van der Waals surface area contributed by atoms with Crippen LogP contribution in [-0.2, 0) is 0 Å². The van der Waals surface area contributed by atoms with Crippen molar-refractivity contribution in [1.82, 2.24) is 15.0 Å². The summed E-state index contributed by atoms with van der Waals surface area (Å²) in [5, 5.41) is 3.98. The number of halogens is 1. The number of pyridine rings is 1. The average Bonchev–Trinajstić information content (AvgIpc) is 2.97. The van der Waals surface area contributed by atoms with Crippen LogP contribution in [0.15, 0.2) is 76.7 Å². The summed E-state index contributed by atoms with van der Waals surface area (Å²) in [6.45, 7) is 0. The third kappa shape index (κ3) is 3.23. The lowest BCUT2D eigenvalue weighted by molar-refractivity contribution is 0.624. The van der Waals surface area contributed by atoms with E-state index in [1.165, 1.54) is 23.9 Å². The molecule has 24 heavy (non-hydrogen) atoms. The summed E-state index contributed by atoms with van der Waals surface area (Å²) < 4.78 is 13.3. The molecule has 2 aromatic heterocycles. The maximum atomic E-state index is 13.3. The Kier molecular flexibility index (Phi) is 3.88. The van der Waals surface area contributed by atoms with Crippen molar-refractivity contribution in [3.8, 4) is 0 Å². The van der Waals surface area contributed by atoms with Crippen molar-refractivity contribution in [1.29, 1.82) is 0 Å². The molecule has 0 unspecified atom stereocenters. The van der Waals surface area contributed by atoms with E-state index < -0.39 is 0 Å². The van der Waals surface area contributed by atoms with Crippen LogP contribution >= 0.6 is 11.8 Å². The zero-order valence-electron chi connectivity index (χ0n) is 12.5. The van der Waals surface area contributed by atoms with Gasteiger partial charge < -0.3 is 10.3 Å².